The summed E-state index contributed by atoms with van der Waals surface area (Å²) >= 11 is 0. The van der Waals surface area contributed by atoms with E-state index in [-0.39, 0.29) is 17.2 Å². The molecule has 2 rings (SSSR count). The van der Waals surface area contributed by atoms with Crippen molar-refractivity contribution in [2.75, 3.05) is 19.6 Å². The average Bonchev–Trinajstić information content (AvgIpc) is 3.02. The predicted octanol–water partition coefficient (Wildman–Crippen LogP) is 1.22. The lowest BCUT2D eigenvalue weighted by molar-refractivity contribution is 0.0951. The van der Waals surface area contributed by atoms with Crippen LogP contribution in [0.3, 0.4) is 0 Å². The highest BCUT2D eigenvalue weighted by atomic mass is 16.3. The van der Waals surface area contributed by atoms with Gasteiger partial charge >= 0.3 is 0 Å². The molecule has 25 heavy (non-hydrogen) atoms. The van der Waals surface area contributed by atoms with Crippen LogP contribution in [0.4, 0.5) is 0 Å². The molecule has 0 aliphatic rings. The summed E-state index contributed by atoms with van der Waals surface area (Å²) in [7, 11) is 1.98. The molecule has 0 aliphatic carbocycles. The molecule has 1 heterocycles. The van der Waals surface area contributed by atoms with Gasteiger partial charge in [-0.05, 0) is 30.7 Å². The van der Waals surface area contributed by atoms with Gasteiger partial charge < -0.3 is 25.6 Å². The molecule has 1 aromatic heterocycles. The van der Waals surface area contributed by atoms with E-state index in [1.165, 1.54) is 6.07 Å². The number of aromatic nitrogens is 1. The SMILES string of the molecule is CCNC(=NCc1ccn(C)c1)NCCNC(=O)c1ccccc1O. The van der Waals surface area contributed by atoms with Crippen LogP contribution in [-0.2, 0) is 13.6 Å². The normalized spacial score (nSPS) is 11.2. The summed E-state index contributed by atoms with van der Waals surface area (Å²) in [5, 5.41) is 18.8. The van der Waals surface area contributed by atoms with Crippen molar-refractivity contribution in [1.29, 1.82) is 0 Å². The summed E-state index contributed by atoms with van der Waals surface area (Å²) < 4.78 is 1.99. The zero-order valence-corrected chi connectivity index (χ0v) is 14.6. The topological polar surface area (TPSA) is 90.7 Å². The third-order valence-electron chi connectivity index (χ3n) is 3.51. The Morgan fingerprint density at radius 1 is 1.16 bits per heavy atom. The van der Waals surface area contributed by atoms with Gasteiger partial charge in [0.25, 0.3) is 5.91 Å². The number of nitrogens with one attached hydrogen (secondary N) is 3. The van der Waals surface area contributed by atoms with E-state index in [0.29, 0.717) is 25.6 Å². The third kappa shape index (κ3) is 5.87. The quantitative estimate of drug-likeness (QED) is 0.346. The van der Waals surface area contributed by atoms with Crippen molar-refractivity contribution in [3.8, 4) is 5.75 Å². The second-order valence-electron chi connectivity index (χ2n) is 5.58. The minimum Gasteiger partial charge on any atom is -0.507 e. The molecule has 0 radical (unpaired) electrons. The number of hydrogen-bond acceptors (Lipinski definition) is 3. The number of aryl methyl sites for hydroxylation is 1. The van der Waals surface area contributed by atoms with Gasteiger partial charge in [-0.15, -0.1) is 0 Å². The Labute approximate surface area is 147 Å². The van der Waals surface area contributed by atoms with Gasteiger partial charge in [-0.2, -0.15) is 0 Å². The van der Waals surface area contributed by atoms with E-state index in [1.54, 1.807) is 18.2 Å². The molecule has 0 fully saturated rings. The van der Waals surface area contributed by atoms with Crippen LogP contribution < -0.4 is 16.0 Å². The van der Waals surface area contributed by atoms with Crippen LogP contribution in [0.2, 0.25) is 0 Å². The Morgan fingerprint density at radius 2 is 1.92 bits per heavy atom. The number of phenols is 1. The largest absolute Gasteiger partial charge is 0.507 e. The minimum atomic E-state index is -0.300. The van der Waals surface area contributed by atoms with Crippen LogP contribution in [-0.4, -0.2) is 41.2 Å². The summed E-state index contributed by atoms with van der Waals surface area (Å²) in [5.74, 6) is 0.375. The second kappa shape index (κ2) is 9.36. The van der Waals surface area contributed by atoms with Gasteiger partial charge in [0.05, 0.1) is 12.1 Å². The highest BCUT2D eigenvalue weighted by molar-refractivity contribution is 5.96. The zero-order chi connectivity index (χ0) is 18.1. The highest BCUT2D eigenvalue weighted by Gasteiger charge is 2.09. The number of amides is 1. The van der Waals surface area contributed by atoms with Gasteiger partial charge in [0.1, 0.15) is 5.75 Å². The number of phenolic OH excluding ortho intramolecular Hbond substituents is 1. The molecule has 0 unspecified atom stereocenters. The number of carbonyl (C=O) groups excluding carboxylic acids is 1. The van der Waals surface area contributed by atoms with Crippen molar-refractivity contribution < 1.29 is 9.90 Å². The molecule has 2 aromatic rings. The van der Waals surface area contributed by atoms with Crippen LogP contribution in [0.15, 0.2) is 47.7 Å². The number of carbonyl (C=O) groups is 1. The van der Waals surface area contributed by atoms with Gasteiger partial charge in [-0.25, -0.2) is 4.99 Å². The molecule has 7 heteroatoms. The van der Waals surface area contributed by atoms with Crippen LogP contribution in [0.1, 0.15) is 22.8 Å². The molecule has 1 amide bonds. The third-order valence-corrected chi connectivity index (χ3v) is 3.51. The highest BCUT2D eigenvalue weighted by Crippen LogP contribution is 2.14. The standard InChI is InChI=1S/C18H25N5O2/c1-3-19-18(22-12-14-8-11-23(2)13-14)21-10-9-20-17(25)15-6-4-5-7-16(15)24/h4-8,11,13,24H,3,9-10,12H2,1-2H3,(H,20,25)(H2,19,21,22). The fraction of sp³-hybridized carbons (Fsp3) is 0.333. The van der Waals surface area contributed by atoms with E-state index < -0.39 is 0 Å². The molecule has 134 valence electrons. The lowest BCUT2D eigenvalue weighted by Gasteiger charge is -2.12. The fourth-order valence-electron chi connectivity index (χ4n) is 2.28. The van der Waals surface area contributed by atoms with Crippen molar-refractivity contribution in [1.82, 2.24) is 20.5 Å². The number of guanidine groups is 1. The lowest BCUT2D eigenvalue weighted by atomic mass is 10.2. The molecule has 0 atom stereocenters. The van der Waals surface area contributed by atoms with Gasteiger partial charge in [-0.3, -0.25) is 4.79 Å². The first-order valence-electron chi connectivity index (χ1n) is 8.29. The molecule has 0 saturated carbocycles. The first-order valence-corrected chi connectivity index (χ1v) is 8.29. The molecule has 0 spiro atoms. The van der Waals surface area contributed by atoms with Crippen LogP contribution in [0, 0.1) is 0 Å². The van der Waals surface area contributed by atoms with E-state index in [9.17, 15) is 9.90 Å². The van der Waals surface area contributed by atoms with Crippen molar-refractivity contribution in [3.63, 3.8) is 0 Å². The minimum absolute atomic E-state index is 0.0225. The number of aliphatic imine (C=N–C) groups is 1. The van der Waals surface area contributed by atoms with E-state index in [4.69, 9.17) is 0 Å². The van der Waals surface area contributed by atoms with E-state index in [1.807, 2.05) is 37.0 Å². The Morgan fingerprint density at radius 3 is 2.60 bits per heavy atom. The smallest absolute Gasteiger partial charge is 0.255 e. The number of nitrogens with zero attached hydrogens (tertiary/aromatic N) is 2. The lowest BCUT2D eigenvalue weighted by Crippen LogP contribution is -2.41. The predicted molar refractivity (Wildman–Crippen MR) is 98.7 cm³/mol. The molecular formula is C18H25N5O2. The number of aromatic hydroxyl groups is 1. The molecule has 0 aliphatic heterocycles. The number of para-hydroxylation sites is 1. The van der Waals surface area contributed by atoms with Crippen molar-refractivity contribution in [2.24, 2.45) is 12.0 Å². The van der Waals surface area contributed by atoms with Crippen LogP contribution in [0.25, 0.3) is 0 Å². The number of hydrogen-bond donors (Lipinski definition) is 4. The first-order chi connectivity index (χ1) is 12.1. The first kappa shape index (κ1) is 18.4. The van der Waals surface area contributed by atoms with Gasteiger partial charge in [-0.1, -0.05) is 12.1 Å². The monoisotopic (exact) mass is 343 g/mol. The van der Waals surface area contributed by atoms with E-state index >= 15 is 0 Å². The molecule has 7 nitrogen and oxygen atoms in total. The number of benzene rings is 1. The summed E-state index contributed by atoms with van der Waals surface area (Å²) in [5.41, 5.74) is 1.40. The zero-order valence-electron chi connectivity index (χ0n) is 14.6. The van der Waals surface area contributed by atoms with Gasteiger partial charge in [0, 0.05) is 39.1 Å². The van der Waals surface area contributed by atoms with Crippen LogP contribution in [0.5, 0.6) is 5.75 Å². The Hall–Kier alpha value is -2.96. The van der Waals surface area contributed by atoms with Crippen molar-refractivity contribution in [3.05, 3.63) is 53.9 Å². The Kier molecular flexibility index (Phi) is 6.88. The van der Waals surface area contributed by atoms with Gasteiger partial charge in [0.15, 0.2) is 5.96 Å². The maximum Gasteiger partial charge on any atom is 0.255 e. The van der Waals surface area contributed by atoms with Crippen molar-refractivity contribution >= 4 is 11.9 Å². The van der Waals surface area contributed by atoms with E-state index in [2.05, 4.69) is 20.9 Å². The molecule has 0 bridgehead atoms. The molecule has 1 aromatic carbocycles. The Bertz CT molecular complexity index is 724. The van der Waals surface area contributed by atoms with Gasteiger partial charge in [0.2, 0.25) is 0 Å². The molecule has 0 saturated heterocycles. The average molecular weight is 343 g/mol. The fourth-order valence-corrected chi connectivity index (χ4v) is 2.28. The van der Waals surface area contributed by atoms with Crippen LogP contribution >= 0.6 is 0 Å². The van der Waals surface area contributed by atoms with E-state index in [0.717, 1.165) is 12.1 Å². The summed E-state index contributed by atoms with van der Waals surface area (Å²) in [4.78, 5) is 16.5. The van der Waals surface area contributed by atoms with Crippen molar-refractivity contribution in [2.45, 2.75) is 13.5 Å². The maximum atomic E-state index is 12.0. The molecular weight excluding hydrogens is 318 g/mol. The molecule has 4 N–H and O–H groups in total. The maximum absolute atomic E-state index is 12.0. The summed E-state index contributed by atoms with van der Waals surface area (Å²) in [6.07, 6.45) is 4.01. The second-order valence-corrected chi connectivity index (χ2v) is 5.58. The Balaban J connectivity index is 1.79. The summed E-state index contributed by atoms with van der Waals surface area (Å²) in [6.45, 7) is 4.29. The summed E-state index contributed by atoms with van der Waals surface area (Å²) in [6, 6.07) is 8.50. The number of rotatable bonds is 7.